The van der Waals surface area contributed by atoms with Crippen LogP contribution in [0.1, 0.15) is 41.4 Å². The first-order chi connectivity index (χ1) is 12.5. The van der Waals surface area contributed by atoms with Crippen molar-refractivity contribution in [2.24, 2.45) is 0 Å². The molecule has 136 valence electrons. The first kappa shape index (κ1) is 17.0. The number of nitrogens with zero attached hydrogens (tertiary/aromatic N) is 6. The summed E-state index contributed by atoms with van der Waals surface area (Å²) in [6, 6.07) is 6.87. The highest BCUT2D eigenvalue weighted by atomic mass is 15.3. The summed E-state index contributed by atoms with van der Waals surface area (Å²) in [4.78, 5) is 13.8. The Labute approximate surface area is 154 Å². The third-order valence-electron chi connectivity index (χ3n) is 5.20. The SMILES string of the molecule is Cc1cc(C)n2ncc(CN3CCCC3c3ccnc(N(C)C)c3)c2n1. The molecule has 0 bridgehead atoms. The molecule has 0 saturated carbocycles. The van der Waals surface area contributed by atoms with Gasteiger partial charge >= 0.3 is 0 Å². The molecular weight excluding hydrogens is 324 g/mol. The summed E-state index contributed by atoms with van der Waals surface area (Å²) in [7, 11) is 4.07. The first-order valence-electron chi connectivity index (χ1n) is 9.21. The molecule has 26 heavy (non-hydrogen) atoms. The van der Waals surface area contributed by atoms with Crippen LogP contribution in [0.2, 0.25) is 0 Å². The number of rotatable bonds is 4. The van der Waals surface area contributed by atoms with Gasteiger partial charge < -0.3 is 4.90 Å². The van der Waals surface area contributed by atoms with Gasteiger partial charge in [-0.15, -0.1) is 0 Å². The van der Waals surface area contributed by atoms with E-state index in [4.69, 9.17) is 4.98 Å². The number of hydrogen-bond donors (Lipinski definition) is 0. The van der Waals surface area contributed by atoms with Gasteiger partial charge in [-0.1, -0.05) is 0 Å². The highest BCUT2D eigenvalue weighted by Crippen LogP contribution is 2.34. The van der Waals surface area contributed by atoms with Crippen LogP contribution in [0.15, 0.2) is 30.6 Å². The van der Waals surface area contributed by atoms with Crippen molar-refractivity contribution in [3.05, 3.63) is 53.1 Å². The van der Waals surface area contributed by atoms with Crippen molar-refractivity contribution in [2.45, 2.75) is 39.3 Å². The Balaban J connectivity index is 1.63. The molecule has 0 amide bonds. The minimum atomic E-state index is 0.428. The predicted molar refractivity (Wildman–Crippen MR) is 103 cm³/mol. The summed E-state index contributed by atoms with van der Waals surface area (Å²) >= 11 is 0. The van der Waals surface area contributed by atoms with Gasteiger partial charge in [0.15, 0.2) is 5.65 Å². The zero-order valence-corrected chi connectivity index (χ0v) is 16.0. The highest BCUT2D eigenvalue weighted by molar-refractivity contribution is 5.48. The number of pyridine rings is 1. The molecule has 3 aromatic rings. The molecule has 3 aromatic heterocycles. The van der Waals surface area contributed by atoms with E-state index >= 15 is 0 Å². The molecule has 6 heteroatoms. The summed E-state index contributed by atoms with van der Waals surface area (Å²) in [6.07, 6.45) is 6.29. The van der Waals surface area contributed by atoms with Crippen LogP contribution in [-0.4, -0.2) is 45.1 Å². The summed E-state index contributed by atoms with van der Waals surface area (Å²) < 4.78 is 1.95. The molecule has 0 aliphatic carbocycles. The number of aryl methyl sites for hydroxylation is 2. The van der Waals surface area contributed by atoms with E-state index in [1.165, 1.54) is 24.0 Å². The molecule has 1 unspecified atom stereocenters. The van der Waals surface area contributed by atoms with E-state index in [2.05, 4.69) is 45.0 Å². The average Bonchev–Trinajstić information content (AvgIpc) is 3.23. The average molecular weight is 350 g/mol. The minimum absolute atomic E-state index is 0.428. The minimum Gasteiger partial charge on any atom is -0.363 e. The molecular formula is C20H26N6. The van der Waals surface area contributed by atoms with E-state index in [0.717, 1.165) is 35.9 Å². The van der Waals surface area contributed by atoms with Crippen LogP contribution in [0.25, 0.3) is 5.65 Å². The van der Waals surface area contributed by atoms with E-state index in [1.54, 1.807) is 0 Å². The standard InChI is InChI=1S/C20H26N6/c1-14-10-15(2)26-20(23-14)17(12-22-26)13-25-9-5-6-18(25)16-7-8-21-19(11-16)24(3)4/h7-8,10-12,18H,5-6,9,13H2,1-4H3. The van der Waals surface area contributed by atoms with Gasteiger partial charge in [-0.2, -0.15) is 5.10 Å². The van der Waals surface area contributed by atoms with Gasteiger partial charge in [0.05, 0.1) is 6.20 Å². The number of hydrogen-bond acceptors (Lipinski definition) is 5. The van der Waals surface area contributed by atoms with Crippen molar-refractivity contribution >= 4 is 11.5 Å². The maximum absolute atomic E-state index is 4.73. The lowest BCUT2D eigenvalue weighted by Crippen LogP contribution is -2.23. The molecule has 0 radical (unpaired) electrons. The molecule has 1 saturated heterocycles. The van der Waals surface area contributed by atoms with Crippen LogP contribution in [0.5, 0.6) is 0 Å². The van der Waals surface area contributed by atoms with Crippen molar-refractivity contribution in [1.82, 2.24) is 24.5 Å². The quantitative estimate of drug-likeness (QED) is 0.723. The largest absolute Gasteiger partial charge is 0.363 e. The molecule has 1 atom stereocenters. The van der Waals surface area contributed by atoms with Crippen molar-refractivity contribution in [3.8, 4) is 0 Å². The second kappa shape index (κ2) is 6.68. The van der Waals surface area contributed by atoms with Crippen LogP contribution >= 0.6 is 0 Å². The zero-order valence-electron chi connectivity index (χ0n) is 16.0. The van der Waals surface area contributed by atoms with Gasteiger partial charge in [0.25, 0.3) is 0 Å². The Morgan fingerprint density at radius 3 is 2.88 bits per heavy atom. The maximum Gasteiger partial charge on any atom is 0.159 e. The van der Waals surface area contributed by atoms with Crippen LogP contribution in [-0.2, 0) is 6.54 Å². The van der Waals surface area contributed by atoms with E-state index in [1.807, 2.05) is 37.9 Å². The fourth-order valence-electron chi connectivity index (χ4n) is 3.93. The van der Waals surface area contributed by atoms with Gasteiger partial charge in [0.2, 0.25) is 0 Å². The molecule has 6 nitrogen and oxygen atoms in total. The van der Waals surface area contributed by atoms with E-state index in [0.29, 0.717) is 6.04 Å². The van der Waals surface area contributed by atoms with Gasteiger partial charge in [-0.3, -0.25) is 4.90 Å². The molecule has 0 N–H and O–H groups in total. The molecule has 0 spiro atoms. The summed E-state index contributed by atoms with van der Waals surface area (Å²) in [5.41, 5.74) is 5.70. The van der Waals surface area contributed by atoms with Gasteiger partial charge in [0.1, 0.15) is 5.82 Å². The lowest BCUT2D eigenvalue weighted by Gasteiger charge is -2.25. The molecule has 1 aliphatic heterocycles. The Bertz CT molecular complexity index is 929. The third kappa shape index (κ3) is 3.05. The van der Waals surface area contributed by atoms with Crippen LogP contribution in [0, 0.1) is 13.8 Å². The summed E-state index contributed by atoms with van der Waals surface area (Å²) in [5.74, 6) is 1.01. The summed E-state index contributed by atoms with van der Waals surface area (Å²) in [5, 5.41) is 4.55. The fourth-order valence-corrected chi connectivity index (χ4v) is 3.93. The number of fused-ring (bicyclic) bond motifs is 1. The highest BCUT2D eigenvalue weighted by Gasteiger charge is 2.27. The van der Waals surface area contributed by atoms with E-state index < -0.39 is 0 Å². The number of aromatic nitrogens is 4. The molecule has 4 rings (SSSR count). The monoisotopic (exact) mass is 350 g/mol. The van der Waals surface area contributed by atoms with Crippen molar-refractivity contribution in [3.63, 3.8) is 0 Å². The smallest absolute Gasteiger partial charge is 0.159 e. The molecule has 0 aromatic carbocycles. The van der Waals surface area contributed by atoms with Crippen LogP contribution in [0.4, 0.5) is 5.82 Å². The Kier molecular flexibility index (Phi) is 4.36. The maximum atomic E-state index is 4.73. The normalized spacial score (nSPS) is 17.9. The van der Waals surface area contributed by atoms with E-state index in [-0.39, 0.29) is 0 Å². The topological polar surface area (TPSA) is 49.6 Å². The lowest BCUT2D eigenvalue weighted by molar-refractivity contribution is 0.249. The second-order valence-corrected chi connectivity index (χ2v) is 7.41. The van der Waals surface area contributed by atoms with Crippen molar-refractivity contribution in [1.29, 1.82) is 0 Å². The lowest BCUT2D eigenvalue weighted by atomic mass is 10.1. The first-order valence-corrected chi connectivity index (χ1v) is 9.21. The van der Waals surface area contributed by atoms with E-state index in [9.17, 15) is 0 Å². The second-order valence-electron chi connectivity index (χ2n) is 7.41. The fraction of sp³-hybridized carbons (Fsp3) is 0.450. The van der Waals surface area contributed by atoms with Gasteiger partial charge in [-0.05, 0) is 57.0 Å². The molecule has 1 aliphatic rings. The Morgan fingerprint density at radius 2 is 2.08 bits per heavy atom. The van der Waals surface area contributed by atoms with Crippen LogP contribution in [0.3, 0.4) is 0 Å². The Hall–Kier alpha value is -2.47. The summed E-state index contributed by atoms with van der Waals surface area (Å²) in [6.45, 7) is 6.11. The molecule has 4 heterocycles. The molecule has 1 fully saturated rings. The number of anilines is 1. The van der Waals surface area contributed by atoms with Gasteiger partial charge in [0, 0.05) is 49.8 Å². The van der Waals surface area contributed by atoms with Gasteiger partial charge in [-0.25, -0.2) is 14.5 Å². The Morgan fingerprint density at radius 1 is 1.23 bits per heavy atom. The van der Waals surface area contributed by atoms with Crippen molar-refractivity contribution < 1.29 is 0 Å². The van der Waals surface area contributed by atoms with Crippen LogP contribution < -0.4 is 4.90 Å². The van der Waals surface area contributed by atoms with Crippen molar-refractivity contribution in [2.75, 3.05) is 25.5 Å². The zero-order chi connectivity index (χ0) is 18.3. The number of likely N-dealkylation sites (tertiary alicyclic amines) is 1. The third-order valence-corrected chi connectivity index (χ3v) is 5.20. The predicted octanol–water partition coefficient (Wildman–Crippen LogP) is 3.14.